The maximum absolute atomic E-state index is 12.9. The Hall–Kier alpha value is -2.21. The highest BCUT2D eigenvalue weighted by atomic mass is 32.2. The predicted octanol–water partition coefficient (Wildman–Crippen LogP) is 0.0350. The SMILES string of the molecule is O=C(CN1C(=O)COc2ccc(S(=O)(=O)N3CCCC3)cc21)NCCCN1CCOCC1. The van der Waals surface area contributed by atoms with Crippen LogP contribution >= 0.6 is 0 Å². The molecule has 32 heavy (non-hydrogen) atoms. The number of hydrogen-bond acceptors (Lipinski definition) is 7. The topological polar surface area (TPSA) is 108 Å². The Kier molecular flexibility index (Phi) is 7.29. The first-order valence-electron chi connectivity index (χ1n) is 11.1. The summed E-state index contributed by atoms with van der Waals surface area (Å²) in [4.78, 5) is 28.7. The van der Waals surface area contributed by atoms with E-state index in [4.69, 9.17) is 9.47 Å². The van der Waals surface area contributed by atoms with Crippen molar-refractivity contribution >= 4 is 27.5 Å². The summed E-state index contributed by atoms with van der Waals surface area (Å²) in [5.41, 5.74) is 0.310. The van der Waals surface area contributed by atoms with Crippen LogP contribution in [0.2, 0.25) is 0 Å². The van der Waals surface area contributed by atoms with Gasteiger partial charge in [-0.3, -0.25) is 19.4 Å². The summed E-state index contributed by atoms with van der Waals surface area (Å²) in [5, 5.41) is 2.85. The highest BCUT2D eigenvalue weighted by Gasteiger charge is 2.32. The van der Waals surface area contributed by atoms with Crippen molar-refractivity contribution in [1.29, 1.82) is 0 Å². The maximum atomic E-state index is 12.9. The molecule has 2 saturated heterocycles. The molecule has 0 spiro atoms. The zero-order chi connectivity index (χ0) is 22.6. The fourth-order valence-corrected chi connectivity index (χ4v) is 5.69. The van der Waals surface area contributed by atoms with Crippen molar-refractivity contribution in [3.05, 3.63) is 18.2 Å². The first-order chi connectivity index (χ1) is 15.4. The second kappa shape index (κ2) is 10.2. The Morgan fingerprint density at radius 2 is 1.84 bits per heavy atom. The van der Waals surface area contributed by atoms with Gasteiger partial charge in [0.05, 0.1) is 23.8 Å². The number of carbonyl (C=O) groups excluding carboxylic acids is 2. The molecule has 3 aliphatic rings. The molecule has 11 heteroatoms. The van der Waals surface area contributed by atoms with Crippen molar-refractivity contribution in [3.63, 3.8) is 0 Å². The Labute approximate surface area is 188 Å². The number of rotatable bonds is 8. The second-order valence-corrected chi connectivity index (χ2v) is 10.1. The van der Waals surface area contributed by atoms with Gasteiger partial charge in [-0.15, -0.1) is 0 Å². The summed E-state index contributed by atoms with van der Waals surface area (Å²) in [5.74, 6) is -0.275. The molecule has 4 rings (SSSR count). The van der Waals surface area contributed by atoms with E-state index < -0.39 is 10.0 Å². The molecule has 1 aromatic carbocycles. The van der Waals surface area contributed by atoms with Crippen LogP contribution in [-0.4, -0.2) is 95.1 Å². The van der Waals surface area contributed by atoms with Crippen LogP contribution in [0.3, 0.4) is 0 Å². The third kappa shape index (κ3) is 5.22. The van der Waals surface area contributed by atoms with Crippen LogP contribution in [0.25, 0.3) is 0 Å². The number of benzene rings is 1. The van der Waals surface area contributed by atoms with Gasteiger partial charge >= 0.3 is 0 Å². The second-order valence-electron chi connectivity index (χ2n) is 8.17. The molecule has 10 nitrogen and oxygen atoms in total. The lowest BCUT2D eigenvalue weighted by Gasteiger charge is -2.29. The number of hydrogen-bond donors (Lipinski definition) is 1. The van der Waals surface area contributed by atoms with E-state index in [2.05, 4.69) is 10.2 Å². The average Bonchev–Trinajstić information content (AvgIpc) is 3.35. The lowest BCUT2D eigenvalue weighted by atomic mass is 10.2. The molecule has 0 radical (unpaired) electrons. The molecule has 0 unspecified atom stereocenters. The van der Waals surface area contributed by atoms with Gasteiger partial charge in [-0.25, -0.2) is 8.42 Å². The minimum Gasteiger partial charge on any atom is -0.482 e. The number of nitrogens with zero attached hydrogens (tertiary/aromatic N) is 3. The molecule has 1 aromatic rings. The van der Waals surface area contributed by atoms with Gasteiger partial charge in [0.1, 0.15) is 12.3 Å². The highest BCUT2D eigenvalue weighted by molar-refractivity contribution is 7.89. The Morgan fingerprint density at radius 3 is 2.59 bits per heavy atom. The van der Waals surface area contributed by atoms with E-state index in [1.807, 2.05) is 0 Å². The normalized spacial score (nSPS) is 20.1. The fraction of sp³-hybridized carbons (Fsp3) is 0.619. The third-order valence-electron chi connectivity index (χ3n) is 5.95. The molecular formula is C21H30N4O6S. The molecule has 0 saturated carbocycles. The van der Waals surface area contributed by atoms with Gasteiger partial charge in [0.2, 0.25) is 15.9 Å². The van der Waals surface area contributed by atoms with E-state index in [-0.39, 0.29) is 29.9 Å². The van der Waals surface area contributed by atoms with Crippen LogP contribution < -0.4 is 15.0 Å². The van der Waals surface area contributed by atoms with E-state index >= 15 is 0 Å². The lowest BCUT2D eigenvalue weighted by molar-refractivity contribution is -0.125. The van der Waals surface area contributed by atoms with Crippen molar-refractivity contribution in [2.75, 3.05) is 70.5 Å². The van der Waals surface area contributed by atoms with Gasteiger partial charge < -0.3 is 14.8 Å². The number of carbonyl (C=O) groups is 2. The molecule has 3 aliphatic heterocycles. The predicted molar refractivity (Wildman–Crippen MR) is 117 cm³/mol. The molecular weight excluding hydrogens is 436 g/mol. The molecule has 0 aromatic heterocycles. The zero-order valence-corrected chi connectivity index (χ0v) is 18.9. The van der Waals surface area contributed by atoms with Gasteiger partial charge in [-0.1, -0.05) is 0 Å². The third-order valence-corrected chi connectivity index (χ3v) is 7.85. The van der Waals surface area contributed by atoms with Crippen LogP contribution in [0.5, 0.6) is 5.75 Å². The highest BCUT2D eigenvalue weighted by Crippen LogP contribution is 2.35. The number of sulfonamides is 1. The van der Waals surface area contributed by atoms with Crippen molar-refractivity contribution < 1.29 is 27.5 Å². The van der Waals surface area contributed by atoms with Gasteiger partial charge in [0, 0.05) is 32.7 Å². The summed E-state index contributed by atoms with van der Waals surface area (Å²) in [6.07, 6.45) is 2.48. The van der Waals surface area contributed by atoms with Crippen molar-refractivity contribution in [3.8, 4) is 5.75 Å². The molecule has 0 bridgehead atoms. The van der Waals surface area contributed by atoms with Gasteiger partial charge in [0.15, 0.2) is 6.61 Å². The fourth-order valence-electron chi connectivity index (χ4n) is 4.15. The van der Waals surface area contributed by atoms with Gasteiger partial charge in [0.25, 0.3) is 5.91 Å². The molecule has 3 heterocycles. The minimum atomic E-state index is -3.64. The molecule has 176 valence electrons. The monoisotopic (exact) mass is 466 g/mol. The number of amides is 2. The van der Waals surface area contributed by atoms with E-state index in [9.17, 15) is 18.0 Å². The van der Waals surface area contributed by atoms with E-state index in [0.29, 0.717) is 31.1 Å². The van der Waals surface area contributed by atoms with Crippen LogP contribution in [0, 0.1) is 0 Å². The average molecular weight is 467 g/mol. The standard InChI is InChI=1S/C21H30N4O6S/c26-20(22-6-3-7-23-10-12-30-13-11-23)15-25-18-14-17(4-5-19(18)31-16-21(25)27)32(28,29)24-8-1-2-9-24/h4-5,14H,1-3,6-13,15-16H2,(H,22,26). The summed E-state index contributed by atoms with van der Waals surface area (Å²) in [7, 11) is -3.64. The van der Waals surface area contributed by atoms with Crippen LogP contribution in [0.1, 0.15) is 19.3 Å². The van der Waals surface area contributed by atoms with Gasteiger partial charge in [-0.2, -0.15) is 4.31 Å². The Morgan fingerprint density at radius 1 is 1.09 bits per heavy atom. The van der Waals surface area contributed by atoms with Crippen LogP contribution in [0.4, 0.5) is 5.69 Å². The van der Waals surface area contributed by atoms with Crippen LogP contribution in [-0.2, 0) is 24.3 Å². The summed E-state index contributed by atoms with van der Waals surface area (Å²) in [6.45, 7) is 5.27. The quantitative estimate of drug-likeness (QED) is 0.539. The summed E-state index contributed by atoms with van der Waals surface area (Å²) >= 11 is 0. The molecule has 1 N–H and O–H groups in total. The van der Waals surface area contributed by atoms with Crippen molar-refractivity contribution in [2.24, 2.45) is 0 Å². The maximum Gasteiger partial charge on any atom is 0.265 e. The smallest absolute Gasteiger partial charge is 0.265 e. The molecule has 2 amide bonds. The molecule has 0 aliphatic carbocycles. The summed E-state index contributed by atoms with van der Waals surface area (Å²) in [6, 6.07) is 4.48. The van der Waals surface area contributed by atoms with E-state index in [1.54, 1.807) is 6.07 Å². The van der Waals surface area contributed by atoms with Crippen molar-refractivity contribution in [2.45, 2.75) is 24.2 Å². The Bertz CT molecular complexity index is 942. The molecule has 2 fully saturated rings. The first-order valence-corrected chi connectivity index (χ1v) is 12.5. The number of fused-ring (bicyclic) bond motifs is 1. The number of nitrogens with one attached hydrogen (secondary N) is 1. The largest absolute Gasteiger partial charge is 0.482 e. The van der Waals surface area contributed by atoms with Gasteiger partial charge in [-0.05, 0) is 44.0 Å². The summed E-state index contributed by atoms with van der Waals surface area (Å²) < 4.78 is 38.1. The first kappa shape index (κ1) is 23.0. The lowest BCUT2D eigenvalue weighted by Crippen LogP contribution is -2.45. The van der Waals surface area contributed by atoms with Crippen LogP contribution in [0.15, 0.2) is 23.1 Å². The number of morpholine rings is 1. The molecule has 0 atom stereocenters. The van der Waals surface area contributed by atoms with E-state index in [1.165, 1.54) is 21.3 Å². The van der Waals surface area contributed by atoms with E-state index in [0.717, 1.165) is 52.1 Å². The van der Waals surface area contributed by atoms with Crippen molar-refractivity contribution in [1.82, 2.24) is 14.5 Å². The number of ether oxygens (including phenoxy) is 2. The Balaban J connectivity index is 1.38. The zero-order valence-electron chi connectivity index (χ0n) is 18.1. The number of anilines is 1. The minimum absolute atomic E-state index is 0.104.